The van der Waals surface area contributed by atoms with Gasteiger partial charge in [-0.2, -0.15) is 26.3 Å². The first-order valence-corrected chi connectivity index (χ1v) is 12.3. The third-order valence-corrected chi connectivity index (χ3v) is 6.31. The van der Waals surface area contributed by atoms with E-state index >= 15 is 0 Å². The molecule has 40 heavy (non-hydrogen) atoms. The van der Waals surface area contributed by atoms with E-state index in [0.717, 1.165) is 18.2 Å². The van der Waals surface area contributed by atoms with Gasteiger partial charge in [0, 0.05) is 36.7 Å². The number of benzene rings is 1. The number of pyridine rings is 2. The topological polar surface area (TPSA) is 76.1 Å². The average molecular weight is 563 g/mol. The van der Waals surface area contributed by atoms with Crippen LogP contribution in [0.2, 0.25) is 0 Å². The fraction of sp³-hybridized carbons (Fsp3) is 0.333. The highest BCUT2D eigenvalue weighted by atomic mass is 19.4. The van der Waals surface area contributed by atoms with Crippen molar-refractivity contribution >= 4 is 22.5 Å². The number of anilines is 2. The molecule has 210 valence electrons. The van der Waals surface area contributed by atoms with E-state index in [1.165, 1.54) is 36.7 Å². The van der Waals surface area contributed by atoms with Gasteiger partial charge >= 0.3 is 12.4 Å². The largest absolute Gasteiger partial charge is 0.418 e. The summed E-state index contributed by atoms with van der Waals surface area (Å²) in [6.45, 7) is 5.94. The smallest absolute Gasteiger partial charge is 0.373 e. The quantitative estimate of drug-likeness (QED) is 0.279. The number of hydrogen-bond acceptors (Lipinski definition) is 7. The minimum Gasteiger partial charge on any atom is -0.373 e. The first-order chi connectivity index (χ1) is 18.8. The van der Waals surface area contributed by atoms with Crippen molar-refractivity contribution in [1.29, 1.82) is 0 Å². The van der Waals surface area contributed by atoms with E-state index in [2.05, 4.69) is 30.2 Å². The van der Waals surface area contributed by atoms with Crippen LogP contribution in [0, 0.1) is 0 Å². The molecule has 4 heterocycles. The first-order valence-electron chi connectivity index (χ1n) is 12.3. The summed E-state index contributed by atoms with van der Waals surface area (Å²) in [5.41, 5.74) is -1.49. The fourth-order valence-corrected chi connectivity index (χ4v) is 4.55. The maximum Gasteiger partial charge on any atom is 0.418 e. The zero-order valence-electron chi connectivity index (χ0n) is 21.4. The van der Waals surface area contributed by atoms with Crippen LogP contribution < -0.4 is 5.32 Å². The Kier molecular flexibility index (Phi) is 7.13. The standard InChI is InChI=1S/C27H24F6N6O/c1-25(2)15-39(10-11-40-25)14-21-37-20-12-16(22-19(27(31,32)33)4-3-9-34-22)13-35-23(20)24(38-21)36-18-7-5-17(6-8-18)26(28,29)30/h3-9,12-13H,10-11,14-15H2,1-2H3,(H,36,37,38). The van der Waals surface area contributed by atoms with Gasteiger partial charge in [0.1, 0.15) is 11.3 Å². The third kappa shape index (κ3) is 6.15. The summed E-state index contributed by atoms with van der Waals surface area (Å²) in [4.78, 5) is 19.5. The van der Waals surface area contributed by atoms with Gasteiger partial charge in [0.2, 0.25) is 0 Å². The molecule has 0 saturated carbocycles. The van der Waals surface area contributed by atoms with E-state index in [-0.39, 0.29) is 28.1 Å². The highest BCUT2D eigenvalue weighted by molar-refractivity contribution is 5.89. The summed E-state index contributed by atoms with van der Waals surface area (Å²) < 4.78 is 85.8. The van der Waals surface area contributed by atoms with Crippen LogP contribution in [0.5, 0.6) is 0 Å². The number of fused-ring (bicyclic) bond motifs is 1. The lowest BCUT2D eigenvalue weighted by Gasteiger charge is -2.37. The van der Waals surface area contributed by atoms with Crippen molar-refractivity contribution in [3.8, 4) is 11.3 Å². The lowest BCUT2D eigenvalue weighted by Crippen LogP contribution is -2.47. The molecule has 13 heteroatoms. The van der Waals surface area contributed by atoms with Gasteiger partial charge in [-0.25, -0.2) is 15.0 Å². The summed E-state index contributed by atoms with van der Waals surface area (Å²) in [6.07, 6.45) is -6.62. The Morgan fingerprint density at radius 1 is 0.975 bits per heavy atom. The van der Waals surface area contributed by atoms with Crippen molar-refractivity contribution < 1.29 is 31.1 Å². The van der Waals surface area contributed by atoms with E-state index in [9.17, 15) is 26.3 Å². The number of nitrogens with one attached hydrogen (secondary N) is 1. The summed E-state index contributed by atoms with van der Waals surface area (Å²) in [5, 5.41) is 2.99. The SMILES string of the molecule is CC1(C)CN(Cc2nc(Nc3ccc(C(F)(F)F)cc3)c3ncc(-c4ncccc4C(F)(F)F)cc3n2)CCO1. The summed E-state index contributed by atoms with van der Waals surface area (Å²) in [5.74, 6) is 0.562. The molecule has 1 N–H and O–H groups in total. The minimum atomic E-state index is -4.63. The third-order valence-electron chi connectivity index (χ3n) is 6.31. The molecule has 0 aliphatic carbocycles. The fourth-order valence-electron chi connectivity index (χ4n) is 4.55. The van der Waals surface area contributed by atoms with Crippen LogP contribution >= 0.6 is 0 Å². The van der Waals surface area contributed by atoms with Crippen LogP contribution in [-0.2, 0) is 23.6 Å². The molecule has 0 unspecified atom stereocenters. The Labute approximate surface area is 225 Å². The van der Waals surface area contributed by atoms with E-state index < -0.39 is 29.1 Å². The molecule has 1 aromatic carbocycles. The van der Waals surface area contributed by atoms with Gasteiger partial charge < -0.3 is 10.1 Å². The van der Waals surface area contributed by atoms with E-state index in [1.54, 1.807) is 0 Å². The van der Waals surface area contributed by atoms with Crippen molar-refractivity contribution in [3.63, 3.8) is 0 Å². The molecule has 1 aliphatic heterocycles. The van der Waals surface area contributed by atoms with E-state index in [1.807, 2.05) is 13.8 Å². The van der Waals surface area contributed by atoms with Crippen LogP contribution in [-0.4, -0.2) is 50.1 Å². The number of alkyl halides is 6. The summed E-state index contributed by atoms with van der Waals surface area (Å²) >= 11 is 0. The first kappa shape index (κ1) is 27.7. The zero-order valence-corrected chi connectivity index (χ0v) is 21.4. The van der Waals surface area contributed by atoms with E-state index in [4.69, 9.17) is 4.74 Å². The molecule has 0 atom stereocenters. The number of hydrogen-bond donors (Lipinski definition) is 1. The molecule has 1 fully saturated rings. The van der Waals surface area contributed by atoms with Crippen LogP contribution in [0.1, 0.15) is 30.8 Å². The van der Waals surface area contributed by atoms with Gasteiger partial charge in [0.25, 0.3) is 0 Å². The van der Waals surface area contributed by atoms with Gasteiger partial charge in [-0.3, -0.25) is 9.88 Å². The number of nitrogens with zero attached hydrogens (tertiary/aromatic N) is 5. The molecule has 3 aromatic heterocycles. The normalized spacial score (nSPS) is 16.3. The van der Waals surface area contributed by atoms with E-state index in [0.29, 0.717) is 37.8 Å². The monoisotopic (exact) mass is 562 g/mol. The Morgan fingerprint density at radius 3 is 2.40 bits per heavy atom. The van der Waals surface area contributed by atoms with Gasteiger partial charge in [-0.15, -0.1) is 0 Å². The van der Waals surface area contributed by atoms with Crippen molar-refractivity contribution in [2.75, 3.05) is 25.0 Å². The lowest BCUT2D eigenvalue weighted by molar-refractivity contribution is -0.138. The Balaban J connectivity index is 1.57. The highest BCUT2D eigenvalue weighted by Gasteiger charge is 2.35. The lowest BCUT2D eigenvalue weighted by atomic mass is 10.1. The Morgan fingerprint density at radius 2 is 1.73 bits per heavy atom. The molecular formula is C27H24F6N6O. The molecule has 0 bridgehead atoms. The molecule has 4 aromatic rings. The molecular weight excluding hydrogens is 538 g/mol. The average Bonchev–Trinajstić information content (AvgIpc) is 2.87. The molecule has 0 radical (unpaired) electrons. The molecule has 1 aliphatic rings. The van der Waals surface area contributed by atoms with Gasteiger partial charge in [0.05, 0.1) is 41.1 Å². The van der Waals surface area contributed by atoms with Gasteiger partial charge in [0.15, 0.2) is 5.82 Å². The van der Waals surface area contributed by atoms with Gasteiger partial charge in [-0.1, -0.05) is 0 Å². The van der Waals surface area contributed by atoms with Crippen LogP contribution in [0.3, 0.4) is 0 Å². The second-order valence-electron chi connectivity index (χ2n) is 10.00. The van der Waals surface area contributed by atoms with Crippen molar-refractivity contribution in [2.45, 2.75) is 38.3 Å². The number of rotatable bonds is 5. The summed E-state index contributed by atoms with van der Waals surface area (Å²) in [6, 6.07) is 8.00. The van der Waals surface area contributed by atoms with Crippen LogP contribution in [0.4, 0.5) is 37.8 Å². The molecule has 0 amide bonds. The van der Waals surface area contributed by atoms with Crippen molar-refractivity contribution in [1.82, 2.24) is 24.8 Å². The van der Waals surface area contributed by atoms with Gasteiger partial charge in [-0.05, 0) is 56.3 Å². The molecule has 1 saturated heterocycles. The minimum absolute atomic E-state index is 0.109. The predicted molar refractivity (Wildman–Crippen MR) is 136 cm³/mol. The highest BCUT2D eigenvalue weighted by Crippen LogP contribution is 2.37. The maximum absolute atomic E-state index is 13.7. The Hall–Kier alpha value is -3.84. The second kappa shape index (κ2) is 10.3. The molecule has 0 spiro atoms. The van der Waals surface area contributed by atoms with Crippen molar-refractivity contribution in [2.24, 2.45) is 0 Å². The molecule has 5 rings (SSSR count). The summed E-state index contributed by atoms with van der Waals surface area (Å²) in [7, 11) is 0. The zero-order chi connectivity index (χ0) is 28.7. The number of ether oxygens (including phenoxy) is 1. The predicted octanol–water partition coefficient (Wildman–Crippen LogP) is 6.48. The van der Waals surface area contributed by atoms with Crippen LogP contribution in [0.25, 0.3) is 22.3 Å². The number of morpholine rings is 1. The van der Waals surface area contributed by atoms with Crippen molar-refractivity contribution in [3.05, 3.63) is 71.8 Å². The number of aromatic nitrogens is 4. The number of halogens is 6. The Bertz CT molecular complexity index is 1520. The second-order valence-corrected chi connectivity index (χ2v) is 10.00. The molecule has 7 nitrogen and oxygen atoms in total. The van der Waals surface area contributed by atoms with Crippen LogP contribution in [0.15, 0.2) is 54.9 Å². The maximum atomic E-state index is 13.7.